The zero-order valence-electron chi connectivity index (χ0n) is 12.2. The van der Waals surface area contributed by atoms with Crippen molar-refractivity contribution in [2.24, 2.45) is 5.92 Å². The SMILES string of the molecule is COCC1CCN(Cc2cccc3c2NCC3)CC1.Cl. The number of rotatable bonds is 4. The summed E-state index contributed by atoms with van der Waals surface area (Å²) in [5.74, 6) is 0.765. The van der Waals surface area contributed by atoms with E-state index in [0.717, 1.165) is 25.6 Å². The first-order valence-corrected chi connectivity index (χ1v) is 7.43. The van der Waals surface area contributed by atoms with Crippen molar-refractivity contribution < 1.29 is 4.74 Å². The fourth-order valence-electron chi connectivity index (χ4n) is 3.33. The van der Waals surface area contributed by atoms with E-state index in [1.165, 1.54) is 49.2 Å². The van der Waals surface area contributed by atoms with Crippen molar-refractivity contribution >= 4 is 18.1 Å². The monoisotopic (exact) mass is 296 g/mol. The van der Waals surface area contributed by atoms with Gasteiger partial charge in [-0.25, -0.2) is 0 Å². The maximum atomic E-state index is 5.27. The van der Waals surface area contributed by atoms with Gasteiger partial charge in [-0.15, -0.1) is 12.4 Å². The van der Waals surface area contributed by atoms with Gasteiger partial charge in [-0.2, -0.15) is 0 Å². The number of halogens is 1. The zero-order valence-corrected chi connectivity index (χ0v) is 13.0. The van der Waals surface area contributed by atoms with E-state index in [0.29, 0.717) is 0 Å². The second kappa shape index (κ2) is 7.30. The molecular weight excluding hydrogens is 272 g/mol. The molecule has 0 atom stereocenters. The van der Waals surface area contributed by atoms with Crippen LogP contribution < -0.4 is 5.32 Å². The van der Waals surface area contributed by atoms with E-state index in [4.69, 9.17) is 4.74 Å². The van der Waals surface area contributed by atoms with Crippen LogP contribution in [0.4, 0.5) is 5.69 Å². The molecule has 1 fully saturated rings. The minimum atomic E-state index is 0. The quantitative estimate of drug-likeness (QED) is 0.924. The first kappa shape index (κ1) is 15.6. The molecule has 4 heteroatoms. The van der Waals surface area contributed by atoms with E-state index in [2.05, 4.69) is 28.4 Å². The van der Waals surface area contributed by atoms with Crippen LogP contribution in [0.2, 0.25) is 0 Å². The summed E-state index contributed by atoms with van der Waals surface area (Å²) in [6, 6.07) is 6.74. The molecule has 2 aliphatic heterocycles. The number of ether oxygens (including phenoxy) is 1. The van der Waals surface area contributed by atoms with Gasteiger partial charge in [0.2, 0.25) is 0 Å². The molecule has 2 heterocycles. The number of methoxy groups -OCH3 is 1. The highest BCUT2D eigenvalue weighted by Crippen LogP contribution is 2.28. The Morgan fingerprint density at radius 3 is 2.85 bits per heavy atom. The summed E-state index contributed by atoms with van der Waals surface area (Å²) >= 11 is 0. The third kappa shape index (κ3) is 3.46. The molecule has 1 aromatic rings. The van der Waals surface area contributed by atoms with Crippen molar-refractivity contribution in [3.63, 3.8) is 0 Å². The van der Waals surface area contributed by atoms with E-state index in [9.17, 15) is 0 Å². The number of anilines is 1. The molecule has 0 aliphatic carbocycles. The second-order valence-corrected chi connectivity index (χ2v) is 5.80. The van der Waals surface area contributed by atoms with Crippen molar-refractivity contribution in [2.45, 2.75) is 25.8 Å². The predicted octanol–water partition coefficient (Wildman–Crippen LogP) is 2.93. The van der Waals surface area contributed by atoms with Gasteiger partial charge in [0.05, 0.1) is 0 Å². The van der Waals surface area contributed by atoms with E-state index in [1.807, 2.05) is 7.11 Å². The number of benzene rings is 1. The minimum Gasteiger partial charge on any atom is -0.384 e. The number of piperidine rings is 1. The van der Waals surface area contributed by atoms with Crippen LogP contribution in [0.25, 0.3) is 0 Å². The Morgan fingerprint density at radius 2 is 2.10 bits per heavy atom. The maximum absolute atomic E-state index is 5.27. The maximum Gasteiger partial charge on any atom is 0.0491 e. The van der Waals surface area contributed by atoms with Gasteiger partial charge in [-0.3, -0.25) is 4.90 Å². The summed E-state index contributed by atoms with van der Waals surface area (Å²) in [5, 5.41) is 3.54. The van der Waals surface area contributed by atoms with Gasteiger partial charge in [0.1, 0.15) is 0 Å². The van der Waals surface area contributed by atoms with Crippen LogP contribution in [0.1, 0.15) is 24.0 Å². The lowest BCUT2D eigenvalue weighted by Crippen LogP contribution is -2.34. The van der Waals surface area contributed by atoms with Crippen LogP contribution in [0.3, 0.4) is 0 Å². The van der Waals surface area contributed by atoms with Crippen LogP contribution in [-0.4, -0.2) is 38.3 Å². The average molecular weight is 297 g/mol. The van der Waals surface area contributed by atoms with Crippen LogP contribution in [0.5, 0.6) is 0 Å². The second-order valence-electron chi connectivity index (χ2n) is 5.80. The van der Waals surface area contributed by atoms with Crippen LogP contribution in [0.15, 0.2) is 18.2 Å². The molecule has 1 saturated heterocycles. The smallest absolute Gasteiger partial charge is 0.0491 e. The topological polar surface area (TPSA) is 24.5 Å². The molecule has 1 N–H and O–H groups in total. The van der Waals surface area contributed by atoms with Crippen LogP contribution in [0, 0.1) is 5.92 Å². The normalized spacial score (nSPS) is 19.2. The standard InChI is InChI=1S/C16H24N2O.ClH/c1-19-12-13-6-9-18(10-7-13)11-15-4-2-3-14-5-8-17-16(14)15;/h2-4,13,17H,5-12H2,1H3;1H. The fraction of sp³-hybridized carbons (Fsp3) is 0.625. The number of fused-ring (bicyclic) bond motifs is 1. The number of para-hydroxylation sites is 1. The largest absolute Gasteiger partial charge is 0.384 e. The Morgan fingerprint density at radius 1 is 1.30 bits per heavy atom. The zero-order chi connectivity index (χ0) is 13.1. The van der Waals surface area contributed by atoms with Gasteiger partial charge < -0.3 is 10.1 Å². The molecule has 3 rings (SSSR count). The van der Waals surface area contributed by atoms with Gasteiger partial charge in [0.25, 0.3) is 0 Å². The van der Waals surface area contributed by atoms with Crippen LogP contribution in [-0.2, 0) is 17.7 Å². The predicted molar refractivity (Wildman–Crippen MR) is 85.8 cm³/mol. The molecule has 0 radical (unpaired) electrons. The first-order chi connectivity index (χ1) is 9.36. The lowest BCUT2D eigenvalue weighted by molar-refractivity contribution is 0.0969. The van der Waals surface area contributed by atoms with Gasteiger partial charge in [-0.05, 0) is 49.4 Å². The van der Waals surface area contributed by atoms with Crippen LogP contribution >= 0.6 is 12.4 Å². The van der Waals surface area contributed by atoms with E-state index in [1.54, 1.807) is 0 Å². The third-order valence-corrected chi connectivity index (χ3v) is 4.44. The minimum absolute atomic E-state index is 0. The van der Waals surface area contributed by atoms with E-state index in [-0.39, 0.29) is 12.4 Å². The van der Waals surface area contributed by atoms with Gasteiger partial charge in [0, 0.05) is 32.5 Å². The number of hydrogen-bond donors (Lipinski definition) is 1. The summed E-state index contributed by atoms with van der Waals surface area (Å²) in [6.07, 6.45) is 3.73. The van der Waals surface area contributed by atoms with Gasteiger partial charge in [-0.1, -0.05) is 18.2 Å². The lowest BCUT2D eigenvalue weighted by atomic mass is 9.97. The molecule has 0 aromatic heterocycles. The van der Waals surface area contributed by atoms with Crippen molar-refractivity contribution in [2.75, 3.05) is 38.7 Å². The summed E-state index contributed by atoms with van der Waals surface area (Å²) in [4.78, 5) is 2.59. The van der Waals surface area contributed by atoms with Crippen molar-refractivity contribution in [1.29, 1.82) is 0 Å². The number of nitrogens with zero attached hydrogens (tertiary/aromatic N) is 1. The lowest BCUT2D eigenvalue weighted by Gasteiger charge is -2.32. The molecule has 112 valence electrons. The molecule has 3 nitrogen and oxygen atoms in total. The summed E-state index contributed by atoms with van der Waals surface area (Å²) in [6.45, 7) is 5.53. The Hall–Kier alpha value is -0.770. The summed E-state index contributed by atoms with van der Waals surface area (Å²) in [5.41, 5.74) is 4.37. The molecule has 0 spiro atoms. The molecule has 1 aromatic carbocycles. The highest BCUT2D eigenvalue weighted by Gasteiger charge is 2.21. The van der Waals surface area contributed by atoms with Gasteiger partial charge in [0.15, 0.2) is 0 Å². The summed E-state index contributed by atoms with van der Waals surface area (Å²) in [7, 11) is 1.81. The van der Waals surface area contributed by atoms with E-state index < -0.39 is 0 Å². The number of hydrogen-bond acceptors (Lipinski definition) is 3. The highest BCUT2D eigenvalue weighted by atomic mass is 35.5. The molecule has 0 amide bonds. The molecule has 20 heavy (non-hydrogen) atoms. The summed E-state index contributed by atoms with van der Waals surface area (Å²) < 4.78 is 5.27. The molecule has 0 saturated carbocycles. The fourth-order valence-corrected chi connectivity index (χ4v) is 3.33. The Bertz CT molecular complexity index is 430. The molecule has 2 aliphatic rings. The number of nitrogens with one attached hydrogen (secondary N) is 1. The Labute approximate surface area is 128 Å². The first-order valence-electron chi connectivity index (χ1n) is 7.43. The van der Waals surface area contributed by atoms with E-state index >= 15 is 0 Å². The molecule has 0 unspecified atom stereocenters. The van der Waals surface area contributed by atoms with Gasteiger partial charge >= 0.3 is 0 Å². The average Bonchev–Trinajstić information content (AvgIpc) is 2.91. The van der Waals surface area contributed by atoms with Crippen molar-refractivity contribution in [3.05, 3.63) is 29.3 Å². The molecule has 0 bridgehead atoms. The van der Waals surface area contributed by atoms with Crippen molar-refractivity contribution in [3.8, 4) is 0 Å². The van der Waals surface area contributed by atoms with Crippen molar-refractivity contribution in [1.82, 2.24) is 4.90 Å². The highest BCUT2D eigenvalue weighted by molar-refractivity contribution is 5.85. The Kier molecular flexibility index (Phi) is 5.70. The number of likely N-dealkylation sites (tertiary alicyclic amines) is 1. The Balaban J connectivity index is 0.00000147. The third-order valence-electron chi connectivity index (χ3n) is 4.44. The molecular formula is C16H25ClN2O.